The molecular weight excluding hydrogens is 187 g/mol. The van der Waals surface area contributed by atoms with Crippen LogP contribution in [0.1, 0.15) is 0 Å². The van der Waals surface area contributed by atoms with E-state index in [9.17, 15) is 9.50 Å². The second kappa shape index (κ2) is 5.57. The lowest BCUT2D eigenvalue weighted by Gasteiger charge is -2.10. The van der Waals surface area contributed by atoms with Crippen molar-refractivity contribution in [2.75, 3.05) is 20.3 Å². The predicted octanol–water partition coefficient (Wildman–Crippen LogP) is 1.21. The highest BCUT2D eigenvalue weighted by atomic mass is 19.1. The molecule has 1 aromatic carbocycles. The van der Waals surface area contributed by atoms with Crippen LogP contribution in [-0.2, 0) is 4.74 Å². The topological polar surface area (TPSA) is 38.7 Å². The Labute approximate surface area is 82.1 Å². The van der Waals surface area contributed by atoms with Gasteiger partial charge in [0.15, 0.2) is 0 Å². The van der Waals surface area contributed by atoms with Crippen LogP contribution in [0.4, 0.5) is 4.39 Å². The third kappa shape index (κ3) is 3.72. The Morgan fingerprint density at radius 2 is 2.21 bits per heavy atom. The Morgan fingerprint density at radius 3 is 2.86 bits per heavy atom. The van der Waals surface area contributed by atoms with Gasteiger partial charge in [-0.3, -0.25) is 0 Å². The number of hydrogen-bond donors (Lipinski definition) is 1. The molecule has 1 unspecified atom stereocenters. The third-order valence-corrected chi connectivity index (χ3v) is 1.60. The molecule has 0 fully saturated rings. The minimum absolute atomic E-state index is 0.0945. The van der Waals surface area contributed by atoms with Gasteiger partial charge in [0.25, 0.3) is 0 Å². The van der Waals surface area contributed by atoms with Crippen molar-refractivity contribution in [3.05, 3.63) is 30.1 Å². The molecule has 0 spiro atoms. The van der Waals surface area contributed by atoms with Crippen molar-refractivity contribution >= 4 is 0 Å². The van der Waals surface area contributed by atoms with E-state index in [0.717, 1.165) is 0 Å². The van der Waals surface area contributed by atoms with Crippen LogP contribution in [0.15, 0.2) is 24.3 Å². The van der Waals surface area contributed by atoms with E-state index < -0.39 is 6.10 Å². The fourth-order valence-electron chi connectivity index (χ4n) is 0.990. The van der Waals surface area contributed by atoms with Gasteiger partial charge in [-0.2, -0.15) is 0 Å². The molecular formula is C10H13FO3. The standard InChI is InChI=1S/C10H13FO3/c1-13-6-9(12)7-14-10-4-2-3-8(11)5-10/h2-5,9,12H,6-7H2,1H3. The first kappa shape index (κ1) is 10.9. The van der Waals surface area contributed by atoms with Crippen molar-refractivity contribution in [3.63, 3.8) is 0 Å². The van der Waals surface area contributed by atoms with Gasteiger partial charge in [-0.25, -0.2) is 4.39 Å². The normalized spacial score (nSPS) is 12.5. The number of ether oxygens (including phenoxy) is 2. The van der Waals surface area contributed by atoms with E-state index in [1.54, 1.807) is 12.1 Å². The highest BCUT2D eigenvalue weighted by Crippen LogP contribution is 2.11. The van der Waals surface area contributed by atoms with Crippen molar-refractivity contribution in [1.29, 1.82) is 0 Å². The Hall–Kier alpha value is -1.13. The zero-order valence-electron chi connectivity index (χ0n) is 7.94. The zero-order chi connectivity index (χ0) is 10.4. The van der Waals surface area contributed by atoms with Crippen molar-refractivity contribution < 1.29 is 19.0 Å². The minimum Gasteiger partial charge on any atom is -0.491 e. The Balaban J connectivity index is 2.37. The van der Waals surface area contributed by atoms with Crippen LogP contribution in [0, 0.1) is 5.82 Å². The summed E-state index contributed by atoms with van der Waals surface area (Å²) in [6, 6.07) is 5.77. The first-order chi connectivity index (χ1) is 6.72. The van der Waals surface area contributed by atoms with Crippen LogP contribution in [-0.4, -0.2) is 31.5 Å². The van der Waals surface area contributed by atoms with E-state index in [2.05, 4.69) is 0 Å². The van der Waals surface area contributed by atoms with E-state index in [-0.39, 0.29) is 19.0 Å². The van der Waals surface area contributed by atoms with Gasteiger partial charge in [-0.05, 0) is 12.1 Å². The number of aliphatic hydroxyl groups excluding tert-OH is 1. The molecule has 1 atom stereocenters. The molecule has 0 aliphatic carbocycles. The predicted molar refractivity (Wildman–Crippen MR) is 49.8 cm³/mol. The minimum atomic E-state index is -0.691. The molecule has 1 N–H and O–H groups in total. The maximum Gasteiger partial charge on any atom is 0.126 e. The van der Waals surface area contributed by atoms with Crippen LogP contribution in [0.3, 0.4) is 0 Å². The fraction of sp³-hybridized carbons (Fsp3) is 0.400. The monoisotopic (exact) mass is 200 g/mol. The molecule has 1 aromatic rings. The third-order valence-electron chi connectivity index (χ3n) is 1.60. The molecule has 3 nitrogen and oxygen atoms in total. The van der Waals surface area contributed by atoms with E-state index in [1.807, 2.05) is 0 Å². The molecule has 1 rings (SSSR count). The molecule has 0 aliphatic rings. The second-order valence-electron chi connectivity index (χ2n) is 2.88. The lowest BCUT2D eigenvalue weighted by molar-refractivity contribution is 0.0325. The van der Waals surface area contributed by atoms with Crippen LogP contribution >= 0.6 is 0 Å². The molecule has 0 aromatic heterocycles. The summed E-state index contributed by atoms with van der Waals surface area (Å²) >= 11 is 0. The Bertz CT molecular complexity index is 278. The SMILES string of the molecule is COCC(O)COc1cccc(F)c1. The van der Waals surface area contributed by atoms with Crippen molar-refractivity contribution in [2.45, 2.75) is 6.10 Å². The average Bonchev–Trinajstić information content (AvgIpc) is 2.15. The van der Waals surface area contributed by atoms with Crippen LogP contribution in [0.5, 0.6) is 5.75 Å². The molecule has 0 saturated heterocycles. The summed E-state index contributed by atoms with van der Waals surface area (Å²) in [5, 5.41) is 9.24. The van der Waals surface area contributed by atoms with Crippen molar-refractivity contribution in [3.8, 4) is 5.75 Å². The van der Waals surface area contributed by atoms with E-state index in [0.29, 0.717) is 5.75 Å². The number of hydrogen-bond acceptors (Lipinski definition) is 3. The van der Waals surface area contributed by atoms with Crippen molar-refractivity contribution in [2.24, 2.45) is 0 Å². The number of rotatable bonds is 5. The summed E-state index contributed by atoms with van der Waals surface area (Å²) in [6.45, 7) is 0.298. The molecule has 14 heavy (non-hydrogen) atoms. The molecule has 0 amide bonds. The van der Waals surface area contributed by atoms with Gasteiger partial charge in [0.1, 0.15) is 24.3 Å². The van der Waals surface area contributed by atoms with Crippen LogP contribution < -0.4 is 4.74 Å². The summed E-state index contributed by atoms with van der Waals surface area (Å²) in [5.41, 5.74) is 0. The lowest BCUT2D eigenvalue weighted by atomic mass is 10.3. The first-order valence-corrected chi connectivity index (χ1v) is 4.27. The first-order valence-electron chi connectivity index (χ1n) is 4.27. The van der Waals surface area contributed by atoms with Crippen molar-refractivity contribution in [1.82, 2.24) is 0 Å². The molecule has 0 radical (unpaired) electrons. The summed E-state index contributed by atoms with van der Waals surface area (Å²) in [4.78, 5) is 0. The largest absolute Gasteiger partial charge is 0.491 e. The second-order valence-corrected chi connectivity index (χ2v) is 2.88. The maximum atomic E-state index is 12.7. The van der Waals surface area contributed by atoms with Gasteiger partial charge >= 0.3 is 0 Å². The van der Waals surface area contributed by atoms with Gasteiger partial charge < -0.3 is 14.6 Å². The van der Waals surface area contributed by atoms with Gasteiger partial charge in [-0.1, -0.05) is 6.07 Å². The number of halogens is 1. The van der Waals surface area contributed by atoms with E-state index in [4.69, 9.17) is 9.47 Å². The summed E-state index contributed by atoms with van der Waals surface area (Å²) in [7, 11) is 1.49. The molecule has 0 bridgehead atoms. The summed E-state index contributed by atoms with van der Waals surface area (Å²) < 4.78 is 22.5. The molecule has 4 heteroatoms. The maximum absolute atomic E-state index is 12.7. The highest BCUT2D eigenvalue weighted by molar-refractivity contribution is 5.22. The quantitative estimate of drug-likeness (QED) is 0.776. The average molecular weight is 200 g/mol. The number of methoxy groups -OCH3 is 1. The fourth-order valence-corrected chi connectivity index (χ4v) is 0.990. The van der Waals surface area contributed by atoms with Gasteiger partial charge in [0, 0.05) is 13.2 Å². The Kier molecular flexibility index (Phi) is 4.35. The van der Waals surface area contributed by atoms with Gasteiger partial charge in [-0.15, -0.1) is 0 Å². The molecule has 0 aliphatic heterocycles. The van der Waals surface area contributed by atoms with Crippen LogP contribution in [0.25, 0.3) is 0 Å². The van der Waals surface area contributed by atoms with E-state index in [1.165, 1.54) is 19.2 Å². The number of benzene rings is 1. The highest BCUT2D eigenvalue weighted by Gasteiger charge is 2.04. The smallest absolute Gasteiger partial charge is 0.126 e. The van der Waals surface area contributed by atoms with Gasteiger partial charge in [0.2, 0.25) is 0 Å². The lowest BCUT2D eigenvalue weighted by Crippen LogP contribution is -2.22. The molecule has 0 saturated carbocycles. The molecule has 0 heterocycles. The zero-order valence-corrected chi connectivity index (χ0v) is 7.94. The summed E-state index contributed by atoms with van der Waals surface area (Å²) in [6.07, 6.45) is -0.691. The number of aliphatic hydroxyl groups is 1. The summed E-state index contributed by atoms with van der Waals surface area (Å²) in [5.74, 6) is 0.0453. The Morgan fingerprint density at radius 1 is 1.43 bits per heavy atom. The van der Waals surface area contributed by atoms with Gasteiger partial charge in [0.05, 0.1) is 6.61 Å². The van der Waals surface area contributed by atoms with Crippen LogP contribution in [0.2, 0.25) is 0 Å². The van der Waals surface area contributed by atoms with E-state index >= 15 is 0 Å². The molecule has 78 valence electrons.